The number of fused-ring (bicyclic) bond motifs is 2. The first kappa shape index (κ1) is 22.6. The molecular formula is C21H14F5N7O2. The van der Waals surface area contributed by atoms with Gasteiger partial charge >= 0.3 is 12.5 Å². The van der Waals surface area contributed by atoms with Gasteiger partial charge in [0.2, 0.25) is 5.82 Å². The summed E-state index contributed by atoms with van der Waals surface area (Å²) in [6.45, 7) is -0.456. The van der Waals surface area contributed by atoms with Gasteiger partial charge in [-0.25, -0.2) is 15.0 Å². The zero-order valence-corrected chi connectivity index (χ0v) is 17.5. The van der Waals surface area contributed by atoms with E-state index in [2.05, 4.69) is 29.9 Å². The van der Waals surface area contributed by atoms with E-state index in [0.717, 1.165) is 16.5 Å². The van der Waals surface area contributed by atoms with Crippen LogP contribution in [0.2, 0.25) is 0 Å². The Hall–Kier alpha value is -4.20. The highest BCUT2D eigenvalue weighted by molar-refractivity contribution is 5.65. The molecule has 35 heavy (non-hydrogen) atoms. The van der Waals surface area contributed by atoms with E-state index in [1.54, 1.807) is 6.07 Å². The van der Waals surface area contributed by atoms with Crippen molar-refractivity contribution in [3.63, 3.8) is 0 Å². The van der Waals surface area contributed by atoms with Crippen molar-refractivity contribution in [2.45, 2.75) is 12.5 Å². The summed E-state index contributed by atoms with van der Waals surface area (Å²) in [5.41, 5.74) is 1.44. The monoisotopic (exact) mass is 491 g/mol. The molecule has 9 nitrogen and oxygen atoms in total. The molecule has 1 aromatic carbocycles. The fourth-order valence-electron chi connectivity index (χ4n) is 3.34. The van der Waals surface area contributed by atoms with Gasteiger partial charge in [0.15, 0.2) is 11.1 Å². The number of hydrogen-bond acceptors (Lipinski definition) is 8. The number of alkyl halides is 5. The van der Waals surface area contributed by atoms with Crippen LogP contribution in [0, 0.1) is 0 Å². The van der Waals surface area contributed by atoms with Crippen LogP contribution in [0.1, 0.15) is 5.82 Å². The Morgan fingerprint density at radius 3 is 2.40 bits per heavy atom. The summed E-state index contributed by atoms with van der Waals surface area (Å²) in [6, 6.07) is 8.03. The van der Waals surface area contributed by atoms with E-state index in [4.69, 9.17) is 4.74 Å². The molecule has 0 aliphatic carbocycles. The van der Waals surface area contributed by atoms with E-state index in [9.17, 15) is 22.0 Å². The lowest BCUT2D eigenvalue weighted by molar-refractivity contribution is -0.274. The maximum Gasteiger partial charge on any atom is 0.573 e. The predicted octanol–water partition coefficient (Wildman–Crippen LogP) is 2.44. The largest absolute Gasteiger partial charge is 0.573 e. The zero-order valence-electron chi connectivity index (χ0n) is 17.5. The van der Waals surface area contributed by atoms with E-state index < -0.39 is 30.8 Å². The third-order valence-electron chi connectivity index (χ3n) is 4.91. The average molecular weight is 491 g/mol. The topological polar surface area (TPSA) is 90.0 Å². The molecule has 0 N–H and O–H groups in total. The summed E-state index contributed by atoms with van der Waals surface area (Å²) >= 11 is 0. The molecule has 0 saturated heterocycles. The molecule has 0 radical (unpaired) electrons. The lowest BCUT2D eigenvalue weighted by atomic mass is 10.1. The van der Waals surface area contributed by atoms with Crippen LogP contribution < -0.4 is 15.6 Å². The SMILES string of the molecule is FC(F)(F)Oc1ccc(-c2ccc3nnc(C(F)(F)OCN4C=c5nccnc5=NC4)n3c2)cc1. The quantitative estimate of drug-likeness (QED) is 0.383. The summed E-state index contributed by atoms with van der Waals surface area (Å²) in [5, 5.41) is 7.75. The number of hydrogen-bond donors (Lipinski definition) is 0. The molecule has 0 atom stereocenters. The molecule has 0 fully saturated rings. The van der Waals surface area contributed by atoms with Crippen LogP contribution in [0.15, 0.2) is 60.0 Å². The summed E-state index contributed by atoms with van der Waals surface area (Å²) in [4.78, 5) is 13.7. The minimum Gasteiger partial charge on any atom is -0.406 e. The highest BCUT2D eigenvalue weighted by Gasteiger charge is 2.39. The van der Waals surface area contributed by atoms with Crippen molar-refractivity contribution in [2.75, 3.05) is 13.4 Å². The van der Waals surface area contributed by atoms with Crippen molar-refractivity contribution in [2.24, 2.45) is 4.99 Å². The molecule has 1 aliphatic heterocycles. The van der Waals surface area contributed by atoms with E-state index in [-0.39, 0.29) is 12.3 Å². The van der Waals surface area contributed by atoms with Crippen LogP contribution in [-0.2, 0) is 10.8 Å². The fraction of sp³-hybridized carbons (Fsp3) is 0.190. The van der Waals surface area contributed by atoms with Crippen molar-refractivity contribution in [3.05, 3.63) is 71.6 Å². The lowest BCUT2D eigenvalue weighted by Gasteiger charge is -2.23. The standard InChI is InChI=1S/C21H14F5N7O2/c22-20(23,34-12-32-10-16-18(29-11-32)28-8-7-27-16)19-31-30-17-6-3-14(9-33(17)19)13-1-4-15(5-2-13)35-21(24,25)26/h1-10H,11-12H2. The molecule has 5 rings (SSSR count). The molecular weight excluding hydrogens is 477 g/mol. The molecule has 1 aliphatic rings. The molecule has 4 aromatic rings. The van der Waals surface area contributed by atoms with Crippen molar-refractivity contribution < 1.29 is 31.4 Å². The number of halogens is 5. The number of aromatic nitrogens is 5. The molecule has 0 unspecified atom stereocenters. The highest BCUT2D eigenvalue weighted by atomic mass is 19.4. The van der Waals surface area contributed by atoms with Crippen molar-refractivity contribution >= 4 is 11.8 Å². The van der Waals surface area contributed by atoms with E-state index in [0.29, 0.717) is 22.0 Å². The lowest BCUT2D eigenvalue weighted by Crippen LogP contribution is -2.41. The summed E-state index contributed by atoms with van der Waals surface area (Å²) in [5.74, 6) is -1.16. The second kappa shape index (κ2) is 8.54. The summed E-state index contributed by atoms with van der Waals surface area (Å²) < 4.78 is 76.8. The van der Waals surface area contributed by atoms with Gasteiger partial charge in [-0.3, -0.25) is 9.14 Å². The minimum absolute atomic E-state index is 0.0561. The van der Waals surface area contributed by atoms with Crippen LogP contribution in [-0.4, -0.2) is 49.2 Å². The smallest absolute Gasteiger partial charge is 0.406 e. The van der Waals surface area contributed by atoms with E-state index in [1.807, 2.05) is 0 Å². The van der Waals surface area contributed by atoms with Gasteiger partial charge in [0.05, 0.1) is 0 Å². The Morgan fingerprint density at radius 1 is 0.886 bits per heavy atom. The number of rotatable bonds is 6. The summed E-state index contributed by atoms with van der Waals surface area (Å²) in [6.07, 6.45) is -2.85. The number of ether oxygens (including phenoxy) is 2. The molecule has 0 saturated carbocycles. The van der Waals surface area contributed by atoms with Gasteiger partial charge in [0.1, 0.15) is 24.5 Å². The Morgan fingerprint density at radius 2 is 1.63 bits per heavy atom. The summed E-state index contributed by atoms with van der Waals surface area (Å²) in [7, 11) is 0. The average Bonchev–Trinajstić information content (AvgIpc) is 3.26. The Kier molecular flexibility index (Phi) is 5.51. The molecule has 14 heteroatoms. The highest BCUT2D eigenvalue weighted by Crippen LogP contribution is 2.31. The van der Waals surface area contributed by atoms with E-state index >= 15 is 0 Å². The van der Waals surface area contributed by atoms with Gasteiger partial charge in [-0.2, -0.15) is 8.78 Å². The molecule has 0 spiro atoms. The Balaban J connectivity index is 1.36. The van der Waals surface area contributed by atoms with Crippen LogP contribution in [0.25, 0.3) is 23.0 Å². The van der Waals surface area contributed by atoms with Crippen molar-refractivity contribution in [1.82, 2.24) is 29.5 Å². The zero-order chi connectivity index (χ0) is 24.6. The minimum atomic E-state index is -4.82. The first-order valence-electron chi connectivity index (χ1n) is 9.99. The Bertz CT molecular complexity index is 1490. The number of benzene rings is 1. The third kappa shape index (κ3) is 4.87. The first-order valence-corrected chi connectivity index (χ1v) is 9.99. The van der Waals surface area contributed by atoms with Crippen LogP contribution in [0.5, 0.6) is 5.75 Å². The second-order valence-electron chi connectivity index (χ2n) is 7.31. The molecule has 0 bridgehead atoms. The second-order valence-corrected chi connectivity index (χ2v) is 7.31. The fourth-order valence-corrected chi connectivity index (χ4v) is 3.34. The van der Waals surface area contributed by atoms with Gasteiger partial charge in [0, 0.05) is 24.8 Å². The predicted molar refractivity (Wildman–Crippen MR) is 109 cm³/mol. The van der Waals surface area contributed by atoms with Gasteiger partial charge in [-0.15, -0.1) is 23.4 Å². The van der Waals surface area contributed by atoms with Crippen LogP contribution in [0.3, 0.4) is 0 Å². The Labute approximate surface area is 192 Å². The number of pyridine rings is 1. The van der Waals surface area contributed by atoms with Crippen molar-refractivity contribution in [3.8, 4) is 16.9 Å². The van der Waals surface area contributed by atoms with Crippen molar-refractivity contribution in [1.29, 1.82) is 0 Å². The molecule has 4 heterocycles. The van der Waals surface area contributed by atoms with E-state index in [1.165, 1.54) is 47.9 Å². The molecule has 180 valence electrons. The maximum absolute atomic E-state index is 14.9. The van der Waals surface area contributed by atoms with Crippen LogP contribution in [0.4, 0.5) is 22.0 Å². The van der Waals surface area contributed by atoms with Crippen LogP contribution >= 0.6 is 0 Å². The van der Waals surface area contributed by atoms with Gasteiger partial charge in [0.25, 0.3) is 0 Å². The number of nitrogens with zero attached hydrogens (tertiary/aromatic N) is 7. The first-order chi connectivity index (χ1) is 16.7. The normalized spacial score (nSPS) is 13.8. The molecule has 0 amide bonds. The van der Waals surface area contributed by atoms with Gasteiger partial charge in [-0.05, 0) is 35.4 Å². The van der Waals surface area contributed by atoms with Gasteiger partial charge in [-0.1, -0.05) is 12.1 Å². The molecule has 3 aromatic heterocycles. The maximum atomic E-state index is 14.9. The van der Waals surface area contributed by atoms with Gasteiger partial charge < -0.3 is 9.64 Å². The third-order valence-corrected chi connectivity index (χ3v) is 4.91.